The third kappa shape index (κ3) is 5.73. The van der Waals surface area contributed by atoms with Gasteiger partial charge < -0.3 is 10.5 Å². The van der Waals surface area contributed by atoms with Crippen LogP contribution >= 0.6 is 27.7 Å². The van der Waals surface area contributed by atoms with Gasteiger partial charge in [-0.2, -0.15) is 5.26 Å². The largest absolute Gasteiger partial charge is 0.457 e. The molecule has 0 bridgehead atoms. The zero-order chi connectivity index (χ0) is 17.6. The van der Waals surface area contributed by atoms with Gasteiger partial charge in [0.05, 0.1) is 5.75 Å². The number of carbonyl (C=O) groups is 2. The summed E-state index contributed by atoms with van der Waals surface area (Å²) in [5, 5.41) is 8.81. The topological polar surface area (TPSA) is 93.2 Å². The van der Waals surface area contributed by atoms with E-state index in [0.717, 1.165) is 20.5 Å². The Morgan fingerprint density at radius 3 is 2.57 bits per heavy atom. The van der Waals surface area contributed by atoms with E-state index >= 15 is 0 Å². The van der Waals surface area contributed by atoms with Crippen molar-refractivity contribution in [2.75, 3.05) is 12.4 Å². The molecule has 0 aliphatic carbocycles. The van der Waals surface area contributed by atoms with E-state index in [-0.39, 0.29) is 17.0 Å². The number of hydrogen-bond acceptors (Lipinski definition) is 6. The predicted octanol–water partition coefficient (Wildman–Crippen LogP) is 3.03. The van der Waals surface area contributed by atoms with Crippen molar-refractivity contribution < 1.29 is 14.3 Å². The summed E-state index contributed by atoms with van der Waals surface area (Å²) < 4.78 is 5.91. The Labute approximate surface area is 148 Å². The van der Waals surface area contributed by atoms with Crippen molar-refractivity contribution in [1.29, 1.82) is 5.26 Å². The highest BCUT2D eigenvalue weighted by Crippen LogP contribution is 2.28. The number of hydrogen-bond donors (Lipinski definition) is 1. The van der Waals surface area contributed by atoms with Gasteiger partial charge in [0.25, 0.3) is 0 Å². The number of nitrogens with zero attached hydrogens (tertiary/aromatic N) is 1. The fourth-order valence-corrected chi connectivity index (χ4v) is 3.04. The first-order valence-corrected chi connectivity index (χ1v) is 8.49. The zero-order valence-corrected chi connectivity index (χ0v) is 15.5. The van der Waals surface area contributed by atoms with Crippen LogP contribution in [0.25, 0.3) is 0 Å². The summed E-state index contributed by atoms with van der Waals surface area (Å²) in [6, 6.07) is 5.68. The number of benzene rings is 1. The summed E-state index contributed by atoms with van der Waals surface area (Å²) in [5.41, 5.74) is 7.48. The van der Waals surface area contributed by atoms with E-state index in [0.29, 0.717) is 0 Å². The number of Topliss-reactive ketones (excluding diaryl/α,β-unsaturated/α-hetero) is 1. The lowest BCUT2D eigenvalue weighted by molar-refractivity contribution is -0.144. The molecule has 0 unspecified atom stereocenters. The minimum absolute atomic E-state index is 0.0857. The van der Waals surface area contributed by atoms with Gasteiger partial charge in [-0.1, -0.05) is 15.9 Å². The highest BCUT2D eigenvalue weighted by molar-refractivity contribution is 9.10. The summed E-state index contributed by atoms with van der Waals surface area (Å²) in [6.45, 7) is 4.90. The molecule has 1 rings (SSSR count). The molecular weight excluding hydrogens is 380 g/mol. The number of ketones is 1. The lowest BCUT2D eigenvalue weighted by Gasteiger charge is -2.09. The van der Waals surface area contributed by atoms with Gasteiger partial charge in [0, 0.05) is 15.1 Å². The first-order valence-electron chi connectivity index (χ1n) is 6.71. The van der Waals surface area contributed by atoms with Gasteiger partial charge in [0.1, 0.15) is 11.6 Å². The van der Waals surface area contributed by atoms with Crippen LogP contribution in [0.3, 0.4) is 0 Å². The van der Waals surface area contributed by atoms with Crippen molar-refractivity contribution in [3.63, 3.8) is 0 Å². The molecule has 7 heteroatoms. The Kier molecular flexibility index (Phi) is 7.33. The molecule has 2 N–H and O–H groups in total. The summed E-state index contributed by atoms with van der Waals surface area (Å²) in [7, 11) is 0. The van der Waals surface area contributed by atoms with Crippen molar-refractivity contribution in [2.24, 2.45) is 5.73 Å². The second-order valence-corrected chi connectivity index (χ2v) is 6.78. The van der Waals surface area contributed by atoms with Crippen molar-refractivity contribution in [3.05, 3.63) is 39.0 Å². The molecule has 1 aromatic carbocycles. The Bertz CT molecular complexity index is 704. The molecule has 0 radical (unpaired) electrons. The maximum atomic E-state index is 11.7. The van der Waals surface area contributed by atoms with Crippen molar-refractivity contribution in [2.45, 2.75) is 25.7 Å². The van der Waals surface area contributed by atoms with Gasteiger partial charge in [-0.15, -0.1) is 11.8 Å². The van der Waals surface area contributed by atoms with Crippen LogP contribution in [0.5, 0.6) is 0 Å². The fraction of sp³-hybridized carbons (Fsp3) is 0.312. The normalized spacial score (nSPS) is 11.4. The standard InChI is InChI=1S/C16H17BrN2O3S/c1-9-5-15(10(2)4-13(9)17)23-8-16(21)22-7-14(20)12(6-18)11(3)19/h4-5H,7-8,19H2,1-3H3/b12-11-. The number of ether oxygens (including phenoxy) is 1. The first kappa shape index (κ1) is 19.3. The molecule has 23 heavy (non-hydrogen) atoms. The van der Waals surface area contributed by atoms with Gasteiger partial charge in [-0.25, -0.2) is 0 Å². The van der Waals surface area contributed by atoms with E-state index in [9.17, 15) is 9.59 Å². The predicted molar refractivity (Wildman–Crippen MR) is 92.8 cm³/mol. The smallest absolute Gasteiger partial charge is 0.316 e. The highest BCUT2D eigenvalue weighted by atomic mass is 79.9. The molecule has 0 spiro atoms. The Morgan fingerprint density at radius 2 is 2.00 bits per heavy atom. The molecule has 0 fully saturated rings. The molecule has 1 aromatic rings. The van der Waals surface area contributed by atoms with E-state index in [4.69, 9.17) is 15.7 Å². The third-order valence-corrected chi connectivity index (χ3v) is 4.94. The van der Waals surface area contributed by atoms with Crippen LogP contribution < -0.4 is 5.73 Å². The van der Waals surface area contributed by atoms with Crippen molar-refractivity contribution >= 4 is 39.4 Å². The number of nitriles is 1. The van der Waals surface area contributed by atoms with Crippen LogP contribution in [-0.2, 0) is 14.3 Å². The summed E-state index contributed by atoms with van der Waals surface area (Å²) >= 11 is 4.80. The average molecular weight is 397 g/mol. The molecular formula is C16H17BrN2O3S. The minimum Gasteiger partial charge on any atom is -0.457 e. The second-order valence-electron chi connectivity index (χ2n) is 4.91. The Morgan fingerprint density at radius 1 is 1.35 bits per heavy atom. The SMILES string of the molecule is C/C(N)=C(\C#N)C(=O)COC(=O)CSc1cc(C)c(Br)cc1C. The third-order valence-electron chi connectivity index (χ3n) is 2.95. The fourth-order valence-electron chi connectivity index (χ4n) is 1.68. The lowest BCUT2D eigenvalue weighted by atomic mass is 10.1. The van der Waals surface area contributed by atoms with Crippen molar-refractivity contribution in [1.82, 2.24) is 0 Å². The van der Waals surface area contributed by atoms with Crippen LogP contribution in [0.4, 0.5) is 0 Å². The lowest BCUT2D eigenvalue weighted by Crippen LogP contribution is -2.18. The first-order chi connectivity index (χ1) is 10.8. The molecule has 0 heterocycles. The Balaban J connectivity index is 2.56. The van der Waals surface area contributed by atoms with Gasteiger partial charge in [0.15, 0.2) is 6.61 Å². The zero-order valence-electron chi connectivity index (χ0n) is 13.1. The van der Waals surface area contributed by atoms with Gasteiger partial charge in [0.2, 0.25) is 5.78 Å². The monoisotopic (exact) mass is 396 g/mol. The van der Waals surface area contributed by atoms with Gasteiger partial charge in [-0.3, -0.25) is 9.59 Å². The molecule has 0 amide bonds. The number of nitrogens with two attached hydrogens (primary N) is 1. The number of allylic oxidation sites excluding steroid dienone is 1. The molecule has 0 aromatic heterocycles. The Hall–Kier alpha value is -1.78. The molecule has 0 aliphatic heterocycles. The average Bonchev–Trinajstić information content (AvgIpc) is 2.47. The minimum atomic E-state index is -0.596. The van der Waals surface area contributed by atoms with Crippen LogP contribution in [-0.4, -0.2) is 24.1 Å². The van der Waals surface area contributed by atoms with E-state index in [1.54, 1.807) is 6.07 Å². The van der Waals surface area contributed by atoms with Crippen LogP contribution in [0, 0.1) is 25.2 Å². The summed E-state index contributed by atoms with van der Waals surface area (Å²) in [4.78, 5) is 24.4. The molecule has 0 saturated carbocycles. The number of esters is 1. The number of aryl methyl sites for hydroxylation is 2. The van der Waals surface area contributed by atoms with Gasteiger partial charge in [-0.05, 0) is 44.0 Å². The molecule has 5 nitrogen and oxygen atoms in total. The number of rotatable bonds is 6. The molecule has 0 saturated heterocycles. The number of carbonyl (C=O) groups excluding carboxylic acids is 2. The van der Waals surface area contributed by atoms with E-state index in [1.165, 1.54) is 18.7 Å². The summed E-state index contributed by atoms with van der Waals surface area (Å²) in [6.07, 6.45) is 0. The van der Waals surface area contributed by atoms with Crippen LogP contribution in [0.1, 0.15) is 18.1 Å². The second kappa shape index (κ2) is 8.75. The maximum Gasteiger partial charge on any atom is 0.316 e. The molecule has 0 atom stereocenters. The highest BCUT2D eigenvalue weighted by Gasteiger charge is 2.15. The molecule has 0 aliphatic rings. The van der Waals surface area contributed by atoms with E-state index in [1.807, 2.05) is 26.0 Å². The quantitative estimate of drug-likeness (QED) is 0.343. The van der Waals surface area contributed by atoms with E-state index < -0.39 is 18.4 Å². The van der Waals surface area contributed by atoms with Gasteiger partial charge >= 0.3 is 5.97 Å². The summed E-state index contributed by atoms with van der Waals surface area (Å²) in [5.74, 6) is -1.03. The van der Waals surface area contributed by atoms with Crippen LogP contribution in [0.2, 0.25) is 0 Å². The maximum absolute atomic E-state index is 11.7. The molecule has 122 valence electrons. The number of halogens is 1. The van der Waals surface area contributed by atoms with E-state index in [2.05, 4.69) is 15.9 Å². The number of thioether (sulfide) groups is 1. The van der Waals surface area contributed by atoms with Crippen LogP contribution in [0.15, 0.2) is 32.8 Å². The van der Waals surface area contributed by atoms with Crippen molar-refractivity contribution in [3.8, 4) is 6.07 Å².